The van der Waals surface area contributed by atoms with Gasteiger partial charge in [-0.15, -0.1) is 0 Å². The van der Waals surface area contributed by atoms with E-state index in [2.05, 4.69) is 20.6 Å². The molecule has 2 aromatic carbocycles. The molecule has 0 radical (unpaired) electrons. The first-order valence-electron chi connectivity index (χ1n) is 9.46. The van der Waals surface area contributed by atoms with Gasteiger partial charge in [-0.05, 0) is 23.8 Å². The molecule has 32 heavy (non-hydrogen) atoms. The predicted octanol–water partition coefficient (Wildman–Crippen LogP) is 3.29. The quantitative estimate of drug-likeness (QED) is 0.352. The molecule has 10 heteroatoms. The van der Waals surface area contributed by atoms with Gasteiger partial charge in [-0.3, -0.25) is 5.32 Å². The second-order valence-corrected chi connectivity index (χ2v) is 7.29. The first kappa shape index (κ1) is 20.8. The lowest BCUT2D eigenvalue weighted by Crippen LogP contribution is -2.32. The highest BCUT2D eigenvalue weighted by atomic mass is 35.5. The van der Waals surface area contributed by atoms with Gasteiger partial charge in [0.05, 0.1) is 5.69 Å². The summed E-state index contributed by atoms with van der Waals surface area (Å²) in [7, 11) is 0. The van der Waals surface area contributed by atoms with Crippen molar-refractivity contribution in [1.29, 1.82) is 10.5 Å². The summed E-state index contributed by atoms with van der Waals surface area (Å²) in [6.07, 6.45) is 1.83. The summed E-state index contributed by atoms with van der Waals surface area (Å²) in [5, 5.41) is 24.6. The topological polar surface area (TPSA) is 158 Å². The Morgan fingerprint density at radius 2 is 1.88 bits per heavy atom. The van der Waals surface area contributed by atoms with Crippen LogP contribution in [0.4, 0.5) is 17.3 Å². The van der Waals surface area contributed by atoms with Gasteiger partial charge in [-0.2, -0.15) is 10.5 Å². The number of halogens is 1. The Balaban J connectivity index is 1.78. The molecule has 1 aromatic heterocycles. The number of benzene rings is 2. The third-order valence-electron chi connectivity index (χ3n) is 4.88. The normalized spacial score (nSPS) is 14.2. The number of hydrogen-bond donors (Lipinski definition) is 4. The Hall–Kier alpha value is -4.47. The van der Waals surface area contributed by atoms with Crippen LogP contribution in [0.5, 0.6) is 5.75 Å². The molecule has 0 saturated heterocycles. The zero-order valence-corrected chi connectivity index (χ0v) is 17.4. The fourth-order valence-electron chi connectivity index (χ4n) is 3.39. The number of aliphatic imine (C=N–C) groups is 1. The Morgan fingerprint density at radius 1 is 1.12 bits per heavy atom. The second kappa shape index (κ2) is 8.72. The number of guanidine groups is 1. The zero-order valence-electron chi connectivity index (χ0n) is 16.6. The SMILES string of the molecule is N#CNC1=NC(c2ccccc2OCc2ccc(Cl)cc2)c2c(nc(N)c(C#N)c2N)N1. The number of nitrogens with one attached hydrogen (secondary N) is 2. The largest absolute Gasteiger partial charge is 0.489 e. The maximum Gasteiger partial charge on any atom is 0.211 e. The van der Waals surface area contributed by atoms with E-state index in [1.54, 1.807) is 12.1 Å². The van der Waals surface area contributed by atoms with Crippen molar-refractivity contribution in [3.8, 4) is 18.0 Å². The maximum absolute atomic E-state index is 9.48. The number of fused-ring (bicyclic) bond motifs is 1. The van der Waals surface area contributed by atoms with Crippen LogP contribution in [0.15, 0.2) is 53.5 Å². The fraction of sp³-hybridized carbons (Fsp3) is 0.0909. The zero-order chi connectivity index (χ0) is 22.7. The Bertz CT molecular complexity index is 1290. The van der Waals surface area contributed by atoms with Crippen molar-refractivity contribution < 1.29 is 4.74 Å². The Morgan fingerprint density at radius 3 is 2.59 bits per heavy atom. The van der Waals surface area contributed by atoms with E-state index in [-0.39, 0.29) is 23.0 Å². The average Bonchev–Trinajstić information content (AvgIpc) is 2.79. The molecule has 0 fully saturated rings. The van der Waals surface area contributed by atoms with Gasteiger partial charge in [0.2, 0.25) is 5.96 Å². The molecular formula is C22H17ClN8O. The number of para-hydroxylation sites is 1. The summed E-state index contributed by atoms with van der Waals surface area (Å²) >= 11 is 5.95. The molecule has 158 valence electrons. The minimum Gasteiger partial charge on any atom is -0.489 e. The second-order valence-electron chi connectivity index (χ2n) is 6.85. The van der Waals surface area contributed by atoms with E-state index >= 15 is 0 Å². The van der Waals surface area contributed by atoms with E-state index in [0.29, 0.717) is 34.3 Å². The van der Waals surface area contributed by atoms with Gasteiger partial charge in [-0.1, -0.05) is 41.9 Å². The molecule has 0 amide bonds. The number of aromatic nitrogens is 1. The van der Waals surface area contributed by atoms with E-state index in [1.165, 1.54) is 0 Å². The van der Waals surface area contributed by atoms with Crippen molar-refractivity contribution in [2.45, 2.75) is 12.6 Å². The Kier molecular flexibility index (Phi) is 5.67. The highest BCUT2D eigenvalue weighted by molar-refractivity contribution is 6.30. The molecule has 0 spiro atoms. The van der Waals surface area contributed by atoms with Crippen LogP contribution in [0.25, 0.3) is 0 Å². The van der Waals surface area contributed by atoms with Crippen LogP contribution in [0.2, 0.25) is 5.02 Å². The van der Waals surface area contributed by atoms with Crippen LogP contribution in [-0.2, 0) is 6.61 Å². The van der Waals surface area contributed by atoms with Crippen molar-refractivity contribution in [2.24, 2.45) is 4.99 Å². The predicted molar refractivity (Wildman–Crippen MR) is 122 cm³/mol. The van der Waals surface area contributed by atoms with Crippen molar-refractivity contribution in [3.05, 3.63) is 75.8 Å². The molecule has 1 aliphatic heterocycles. The lowest BCUT2D eigenvalue weighted by molar-refractivity contribution is 0.302. The van der Waals surface area contributed by atoms with Crippen molar-refractivity contribution in [3.63, 3.8) is 0 Å². The standard InChI is InChI=1S/C22H17ClN8O/c23-13-7-5-12(6-8-13)10-32-16-4-2-1-3-14(16)19-17-18(26)15(9-24)20(27)30-21(17)31-22(29-19)28-11-25/h1-8,19H,10H2,(H6,26,27,28,29,30,31). The molecule has 4 rings (SSSR count). The van der Waals surface area contributed by atoms with E-state index in [4.69, 9.17) is 33.1 Å². The monoisotopic (exact) mass is 444 g/mol. The van der Waals surface area contributed by atoms with Crippen LogP contribution >= 0.6 is 11.6 Å². The number of hydrogen-bond acceptors (Lipinski definition) is 9. The molecular weight excluding hydrogens is 428 g/mol. The van der Waals surface area contributed by atoms with Gasteiger partial charge in [0.25, 0.3) is 0 Å². The third-order valence-corrected chi connectivity index (χ3v) is 5.13. The van der Waals surface area contributed by atoms with Gasteiger partial charge >= 0.3 is 0 Å². The molecule has 0 aliphatic carbocycles. The fourth-order valence-corrected chi connectivity index (χ4v) is 3.51. The van der Waals surface area contributed by atoms with E-state index in [1.807, 2.05) is 48.7 Å². The lowest BCUT2D eigenvalue weighted by atomic mass is 9.94. The molecule has 6 N–H and O–H groups in total. The smallest absolute Gasteiger partial charge is 0.211 e. The van der Waals surface area contributed by atoms with Gasteiger partial charge in [0, 0.05) is 16.1 Å². The van der Waals surface area contributed by atoms with Gasteiger partial charge in [0.1, 0.15) is 41.7 Å². The summed E-state index contributed by atoms with van der Waals surface area (Å²) in [5.74, 6) is 1.04. The molecule has 9 nitrogen and oxygen atoms in total. The van der Waals surface area contributed by atoms with Gasteiger partial charge < -0.3 is 21.5 Å². The molecule has 0 bridgehead atoms. The van der Waals surface area contributed by atoms with Gasteiger partial charge in [0.15, 0.2) is 6.19 Å². The van der Waals surface area contributed by atoms with Crippen LogP contribution < -0.4 is 26.8 Å². The molecule has 1 atom stereocenters. The number of nitrogens with two attached hydrogens (primary N) is 2. The average molecular weight is 445 g/mol. The summed E-state index contributed by atoms with van der Waals surface area (Å²) in [4.78, 5) is 8.85. The molecule has 0 saturated carbocycles. The van der Waals surface area contributed by atoms with Crippen molar-refractivity contribution >= 4 is 34.9 Å². The van der Waals surface area contributed by atoms with Crippen LogP contribution in [0.3, 0.4) is 0 Å². The minimum atomic E-state index is -0.691. The molecule has 1 unspecified atom stereocenters. The van der Waals surface area contributed by atoms with E-state index < -0.39 is 6.04 Å². The van der Waals surface area contributed by atoms with Crippen molar-refractivity contribution in [1.82, 2.24) is 10.3 Å². The molecule has 1 aliphatic rings. The van der Waals surface area contributed by atoms with Gasteiger partial charge in [-0.25, -0.2) is 9.98 Å². The van der Waals surface area contributed by atoms with E-state index in [0.717, 1.165) is 5.56 Å². The van der Waals surface area contributed by atoms with E-state index in [9.17, 15) is 5.26 Å². The molecule has 2 heterocycles. The highest BCUT2D eigenvalue weighted by Crippen LogP contribution is 2.43. The Labute approximate surface area is 188 Å². The summed E-state index contributed by atoms with van der Waals surface area (Å²) in [6.45, 7) is 0.304. The van der Waals surface area contributed by atoms with Crippen LogP contribution in [0.1, 0.15) is 28.3 Å². The first-order chi connectivity index (χ1) is 15.5. The van der Waals surface area contributed by atoms with Crippen molar-refractivity contribution in [2.75, 3.05) is 16.8 Å². The number of rotatable bonds is 4. The minimum absolute atomic E-state index is 0.0134. The summed E-state index contributed by atoms with van der Waals surface area (Å²) in [5.41, 5.74) is 14.5. The molecule has 3 aromatic rings. The number of ether oxygens (including phenoxy) is 1. The number of nitrogen functional groups attached to an aromatic ring is 2. The first-order valence-corrected chi connectivity index (χ1v) is 9.84. The summed E-state index contributed by atoms with van der Waals surface area (Å²) < 4.78 is 6.08. The third kappa shape index (κ3) is 3.93. The number of nitriles is 2. The lowest BCUT2D eigenvalue weighted by Gasteiger charge is -2.27. The number of anilines is 3. The summed E-state index contributed by atoms with van der Waals surface area (Å²) in [6, 6.07) is 16.0. The number of nitrogens with zero attached hydrogens (tertiary/aromatic N) is 4. The number of pyridine rings is 1. The van der Waals surface area contributed by atoms with Crippen LogP contribution in [0, 0.1) is 22.8 Å². The van der Waals surface area contributed by atoms with Crippen LogP contribution in [-0.4, -0.2) is 10.9 Å². The maximum atomic E-state index is 9.48. The highest BCUT2D eigenvalue weighted by Gasteiger charge is 2.31.